The van der Waals surface area contributed by atoms with E-state index in [0.717, 1.165) is 34.4 Å². The van der Waals surface area contributed by atoms with Crippen LogP contribution in [0.25, 0.3) is 0 Å². The minimum absolute atomic E-state index is 0.232. The standard InChI is InChI=1S/C17H18BrClO2/c1-20-10-9-12-3-5-13(6-4-12)17(19)15-8-7-14(18)11-16(15)21-2/h3-8,11,17H,9-10H2,1-2H3. The van der Waals surface area contributed by atoms with Crippen molar-refractivity contribution in [1.29, 1.82) is 0 Å². The summed E-state index contributed by atoms with van der Waals surface area (Å²) in [6, 6.07) is 14.2. The number of alkyl halides is 1. The Morgan fingerprint density at radius 1 is 1.10 bits per heavy atom. The van der Waals surface area contributed by atoms with E-state index in [1.165, 1.54) is 5.56 Å². The molecule has 0 amide bonds. The van der Waals surface area contributed by atoms with E-state index in [0.29, 0.717) is 0 Å². The van der Waals surface area contributed by atoms with Crippen LogP contribution in [-0.4, -0.2) is 20.8 Å². The summed E-state index contributed by atoms with van der Waals surface area (Å²) in [6.45, 7) is 0.726. The summed E-state index contributed by atoms with van der Waals surface area (Å²) in [5.41, 5.74) is 3.26. The summed E-state index contributed by atoms with van der Waals surface area (Å²) in [5.74, 6) is 0.785. The summed E-state index contributed by atoms with van der Waals surface area (Å²) in [7, 11) is 3.37. The third-order valence-electron chi connectivity index (χ3n) is 3.34. The number of methoxy groups -OCH3 is 2. The quantitative estimate of drug-likeness (QED) is 0.669. The SMILES string of the molecule is COCCc1ccc(C(Cl)c2ccc(Br)cc2OC)cc1. The number of benzene rings is 2. The van der Waals surface area contributed by atoms with Crippen LogP contribution in [0.5, 0.6) is 5.75 Å². The van der Waals surface area contributed by atoms with E-state index in [2.05, 4.69) is 40.2 Å². The zero-order valence-corrected chi connectivity index (χ0v) is 14.4. The van der Waals surface area contributed by atoms with Crippen LogP contribution in [0.15, 0.2) is 46.9 Å². The van der Waals surface area contributed by atoms with Crippen molar-refractivity contribution in [2.75, 3.05) is 20.8 Å². The molecular formula is C17H18BrClO2. The Morgan fingerprint density at radius 2 is 1.81 bits per heavy atom. The topological polar surface area (TPSA) is 18.5 Å². The molecule has 2 aromatic carbocycles. The van der Waals surface area contributed by atoms with Gasteiger partial charge in [-0.1, -0.05) is 46.3 Å². The molecule has 0 fully saturated rings. The van der Waals surface area contributed by atoms with Gasteiger partial charge in [0, 0.05) is 17.1 Å². The molecule has 0 saturated heterocycles. The molecular weight excluding hydrogens is 352 g/mol. The van der Waals surface area contributed by atoms with Gasteiger partial charge in [-0.25, -0.2) is 0 Å². The van der Waals surface area contributed by atoms with E-state index in [9.17, 15) is 0 Å². The summed E-state index contributed by atoms with van der Waals surface area (Å²) in [5, 5.41) is -0.232. The third kappa shape index (κ3) is 4.22. The van der Waals surface area contributed by atoms with Crippen LogP contribution >= 0.6 is 27.5 Å². The normalized spacial score (nSPS) is 12.2. The molecule has 21 heavy (non-hydrogen) atoms. The Bertz CT molecular complexity index is 584. The van der Waals surface area contributed by atoms with E-state index in [-0.39, 0.29) is 5.38 Å². The molecule has 0 spiro atoms. The van der Waals surface area contributed by atoms with Crippen molar-refractivity contribution in [2.24, 2.45) is 0 Å². The van der Waals surface area contributed by atoms with Crippen LogP contribution in [0.1, 0.15) is 22.1 Å². The van der Waals surface area contributed by atoms with Crippen molar-refractivity contribution < 1.29 is 9.47 Å². The fourth-order valence-electron chi connectivity index (χ4n) is 2.15. The molecule has 0 N–H and O–H groups in total. The van der Waals surface area contributed by atoms with Gasteiger partial charge in [0.05, 0.1) is 19.1 Å². The minimum atomic E-state index is -0.232. The van der Waals surface area contributed by atoms with Crippen molar-refractivity contribution in [3.8, 4) is 5.75 Å². The van der Waals surface area contributed by atoms with Gasteiger partial charge in [0.2, 0.25) is 0 Å². The fourth-order valence-corrected chi connectivity index (χ4v) is 2.81. The molecule has 2 aromatic rings. The van der Waals surface area contributed by atoms with Gasteiger partial charge in [0.25, 0.3) is 0 Å². The smallest absolute Gasteiger partial charge is 0.125 e. The summed E-state index contributed by atoms with van der Waals surface area (Å²) in [6.07, 6.45) is 0.908. The second-order valence-electron chi connectivity index (χ2n) is 4.73. The molecule has 0 aliphatic heterocycles. The Labute approximate surface area is 139 Å². The van der Waals surface area contributed by atoms with Gasteiger partial charge in [-0.2, -0.15) is 0 Å². The molecule has 112 valence electrons. The zero-order valence-electron chi connectivity index (χ0n) is 12.1. The lowest BCUT2D eigenvalue weighted by Gasteiger charge is -2.15. The number of rotatable bonds is 6. The minimum Gasteiger partial charge on any atom is -0.496 e. The molecule has 0 heterocycles. The van der Waals surface area contributed by atoms with Crippen molar-refractivity contribution in [2.45, 2.75) is 11.8 Å². The second-order valence-corrected chi connectivity index (χ2v) is 6.09. The van der Waals surface area contributed by atoms with E-state index in [4.69, 9.17) is 21.1 Å². The highest BCUT2D eigenvalue weighted by Crippen LogP contribution is 2.36. The van der Waals surface area contributed by atoms with Gasteiger partial charge in [-0.05, 0) is 29.7 Å². The molecule has 0 bridgehead atoms. The molecule has 1 atom stereocenters. The van der Waals surface area contributed by atoms with Crippen LogP contribution in [0.4, 0.5) is 0 Å². The third-order valence-corrected chi connectivity index (χ3v) is 4.32. The molecule has 0 aliphatic carbocycles. The van der Waals surface area contributed by atoms with Gasteiger partial charge in [0.15, 0.2) is 0 Å². The van der Waals surface area contributed by atoms with Crippen LogP contribution in [0, 0.1) is 0 Å². The predicted molar refractivity (Wildman–Crippen MR) is 90.4 cm³/mol. The summed E-state index contributed by atoms with van der Waals surface area (Å²) < 4.78 is 11.5. The van der Waals surface area contributed by atoms with Crippen LogP contribution < -0.4 is 4.74 Å². The summed E-state index contributed by atoms with van der Waals surface area (Å²) >= 11 is 10.0. The lowest BCUT2D eigenvalue weighted by molar-refractivity contribution is 0.202. The summed E-state index contributed by atoms with van der Waals surface area (Å²) in [4.78, 5) is 0. The molecule has 0 aliphatic rings. The number of ether oxygens (including phenoxy) is 2. The molecule has 0 saturated carbocycles. The second kappa shape index (κ2) is 7.83. The van der Waals surface area contributed by atoms with E-state index < -0.39 is 0 Å². The molecule has 0 aromatic heterocycles. The molecule has 1 unspecified atom stereocenters. The molecule has 4 heteroatoms. The number of hydrogen-bond donors (Lipinski definition) is 0. The Kier molecular flexibility index (Phi) is 6.09. The van der Waals surface area contributed by atoms with Gasteiger partial charge < -0.3 is 9.47 Å². The lowest BCUT2D eigenvalue weighted by Crippen LogP contribution is -1.99. The molecule has 0 radical (unpaired) electrons. The van der Waals surface area contributed by atoms with Gasteiger partial charge in [-0.15, -0.1) is 11.6 Å². The monoisotopic (exact) mass is 368 g/mol. The zero-order chi connectivity index (χ0) is 15.2. The first-order chi connectivity index (χ1) is 10.2. The van der Waals surface area contributed by atoms with Gasteiger partial charge in [0.1, 0.15) is 5.75 Å². The highest BCUT2D eigenvalue weighted by Gasteiger charge is 2.15. The maximum Gasteiger partial charge on any atom is 0.125 e. The van der Waals surface area contributed by atoms with Crippen molar-refractivity contribution in [3.05, 3.63) is 63.6 Å². The Hall–Kier alpha value is -1.03. The van der Waals surface area contributed by atoms with Crippen molar-refractivity contribution in [1.82, 2.24) is 0 Å². The number of hydrogen-bond acceptors (Lipinski definition) is 2. The van der Waals surface area contributed by atoms with Crippen molar-refractivity contribution >= 4 is 27.5 Å². The first-order valence-electron chi connectivity index (χ1n) is 6.71. The van der Waals surface area contributed by atoms with Gasteiger partial charge >= 0.3 is 0 Å². The Morgan fingerprint density at radius 3 is 2.43 bits per heavy atom. The van der Waals surface area contributed by atoms with E-state index in [1.54, 1.807) is 14.2 Å². The van der Waals surface area contributed by atoms with Crippen LogP contribution in [0.2, 0.25) is 0 Å². The lowest BCUT2D eigenvalue weighted by atomic mass is 10.0. The molecule has 2 nitrogen and oxygen atoms in total. The fraction of sp³-hybridized carbons (Fsp3) is 0.294. The Balaban J connectivity index is 2.21. The largest absolute Gasteiger partial charge is 0.496 e. The van der Waals surface area contributed by atoms with Gasteiger partial charge in [-0.3, -0.25) is 0 Å². The van der Waals surface area contributed by atoms with E-state index in [1.807, 2.05) is 18.2 Å². The maximum absolute atomic E-state index is 6.60. The predicted octanol–water partition coefficient (Wildman–Crippen LogP) is 4.97. The highest BCUT2D eigenvalue weighted by atomic mass is 79.9. The number of halogens is 2. The maximum atomic E-state index is 6.60. The highest BCUT2D eigenvalue weighted by molar-refractivity contribution is 9.10. The van der Waals surface area contributed by atoms with E-state index >= 15 is 0 Å². The van der Waals surface area contributed by atoms with Crippen molar-refractivity contribution in [3.63, 3.8) is 0 Å². The van der Waals surface area contributed by atoms with Crippen LogP contribution in [-0.2, 0) is 11.2 Å². The first-order valence-corrected chi connectivity index (χ1v) is 7.94. The first kappa shape index (κ1) is 16.3. The average Bonchev–Trinajstić information content (AvgIpc) is 2.52. The van der Waals surface area contributed by atoms with Crippen LogP contribution in [0.3, 0.4) is 0 Å². The molecule has 2 rings (SSSR count). The average molecular weight is 370 g/mol.